The first kappa shape index (κ1) is 17.0. The molecule has 0 aliphatic heterocycles. The molecule has 114 valence electrons. The molecule has 0 N–H and O–H groups in total. The van der Waals surface area contributed by atoms with Crippen LogP contribution in [0.15, 0.2) is 22.8 Å². The van der Waals surface area contributed by atoms with E-state index in [4.69, 9.17) is 0 Å². The Morgan fingerprint density at radius 2 is 2.00 bits per heavy atom. The molecule has 0 aromatic heterocycles. The predicted octanol–water partition coefficient (Wildman–Crippen LogP) is 4.72. The largest absolute Gasteiger partial charge is 0.349 e. The zero-order valence-corrected chi connectivity index (χ0v) is 14.2. The van der Waals surface area contributed by atoms with Crippen LogP contribution in [-0.4, -0.2) is 24.9 Å². The molecule has 0 aromatic rings. The van der Waals surface area contributed by atoms with Gasteiger partial charge in [-0.3, -0.25) is 4.79 Å². The van der Waals surface area contributed by atoms with Gasteiger partial charge in [-0.25, -0.2) is 0 Å². The molecule has 2 heteroatoms. The molecule has 0 saturated heterocycles. The highest BCUT2D eigenvalue weighted by Crippen LogP contribution is 2.42. The van der Waals surface area contributed by atoms with Crippen molar-refractivity contribution in [1.82, 2.24) is 4.90 Å². The van der Waals surface area contributed by atoms with Gasteiger partial charge >= 0.3 is 0 Å². The zero-order valence-electron chi connectivity index (χ0n) is 14.2. The van der Waals surface area contributed by atoms with E-state index in [9.17, 15) is 4.79 Å². The summed E-state index contributed by atoms with van der Waals surface area (Å²) >= 11 is 0. The molecule has 1 rings (SSSR count). The van der Waals surface area contributed by atoms with Gasteiger partial charge in [0.05, 0.1) is 0 Å². The third-order valence-electron chi connectivity index (χ3n) is 4.58. The molecule has 0 fully saturated rings. The van der Waals surface area contributed by atoms with Crippen molar-refractivity contribution >= 4 is 5.91 Å². The number of hydrogen-bond donors (Lipinski definition) is 0. The minimum absolute atomic E-state index is 0.178. The molecular weight excluding hydrogens is 246 g/mol. The van der Waals surface area contributed by atoms with Crippen molar-refractivity contribution in [2.24, 2.45) is 5.41 Å². The zero-order chi connectivity index (χ0) is 15.3. The Kier molecular flexibility index (Phi) is 6.04. The lowest BCUT2D eigenvalue weighted by atomic mass is 9.71. The lowest BCUT2D eigenvalue weighted by molar-refractivity contribution is -0.127. The molecular formula is C18H31NO. The van der Waals surface area contributed by atoms with Crippen LogP contribution < -0.4 is 0 Å². The highest BCUT2D eigenvalue weighted by molar-refractivity contribution is 5.77. The van der Waals surface area contributed by atoms with Crippen LogP contribution in [0, 0.1) is 5.41 Å². The SMILES string of the molecule is CC1=C(CC/C(C)=C\CC(=O)N(C)C)C(C)(C)CCC1. The minimum Gasteiger partial charge on any atom is -0.349 e. The molecule has 0 spiro atoms. The standard InChI is InChI=1S/C18H31NO/c1-14(10-12-17(20)19(5)6)9-11-16-15(2)8-7-13-18(16,3)4/h10H,7-9,11-13H2,1-6H3/b14-10-. The maximum Gasteiger partial charge on any atom is 0.225 e. The summed E-state index contributed by atoms with van der Waals surface area (Å²) in [6.45, 7) is 9.19. The molecule has 1 aliphatic rings. The fraction of sp³-hybridized carbons (Fsp3) is 0.722. The third kappa shape index (κ3) is 4.81. The maximum atomic E-state index is 11.6. The molecule has 2 nitrogen and oxygen atoms in total. The minimum atomic E-state index is 0.178. The van der Waals surface area contributed by atoms with Crippen LogP contribution in [0.5, 0.6) is 0 Å². The van der Waals surface area contributed by atoms with Crippen molar-refractivity contribution < 1.29 is 4.79 Å². The third-order valence-corrected chi connectivity index (χ3v) is 4.58. The van der Waals surface area contributed by atoms with Gasteiger partial charge in [-0.05, 0) is 51.4 Å². The van der Waals surface area contributed by atoms with Gasteiger partial charge in [0.25, 0.3) is 0 Å². The molecule has 1 amide bonds. The van der Waals surface area contributed by atoms with Gasteiger partial charge in [0.15, 0.2) is 0 Å². The average molecular weight is 277 g/mol. The molecule has 0 radical (unpaired) electrons. The van der Waals surface area contributed by atoms with Crippen molar-refractivity contribution in [1.29, 1.82) is 0 Å². The topological polar surface area (TPSA) is 20.3 Å². The number of carbonyl (C=O) groups excluding carboxylic acids is 1. The summed E-state index contributed by atoms with van der Waals surface area (Å²) in [5, 5.41) is 0. The van der Waals surface area contributed by atoms with Crippen molar-refractivity contribution in [3.8, 4) is 0 Å². The van der Waals surface area contributed by atoms with Crippen LogP contribution in [0.25, 0.3) is 0 Å². The van der Waals surface area contributed by atoms with Gasteiger partial charge in [0.2, 0.25) is 5.91 Å². The van der Waals surface area contributed by atoms with Crippen LogP contribution in [0.4, 0.5) is 0 Å². The molecule has 0 heterocycles. The Labute approximate surface area is 124 Å². The molecule has 0 unspecified atom stereocenters. The quantitative estimate of drug-likeness (QED) is 0.666. The van der Waals surface area contributed by atoms with E-state index in [2.05, 4.69) is 33.8 Å². The summed E-state index contributed by atoms with van der Waals surface area (Å²) in [7, 11) is 3.62. The molecule has 0 atom stereocenters. The Balaban J connectivity index is 2.58. The molecule has 0 aromatic carbocycles. The lowest BCUT2D eigenvalue weighted by Crippen LogP contribution is -2.21. The number of carbonyl (C=O) groups is 1. The summed E-state index contributed by atoms with van der Waals surface area (Å²) in [6.07, 6.45) is 8.75. The van der Waals surface area contributed by atoms with E-state index in [1.54, 1.807) is 16.0 Å². The summed E-state index contributed by atoms with van der Waals surface area (Å²) in [5.41, 5.74) is 4.94. The molecule has 0 bridgehead atoms. The summed E-state index contributed by atoms with van der Waals surface area (Å²) < 4.78 is 0. The van der Waals surface area contributed by atoms with E-state index in [0.29, 0.717) is 11.8 Å². The first-order valence-corrected chi connectivity index (χ1v) is 7.79. The Morgan fingerprint density at radius 1 is 1.35 bits per heavy atom. The van der Waals surface area contributed by atoms with Crippen LogP contribution in [0.2, 0.25) is 0 Å². The number of hydrogen-bond acceptors (Lipinski definition) is 1. The predicted molar refractivity (Wildman–Crippen MR) is 86.6 cm³/mol. The van der Waals surface area contributed by atoms with E-state index < -0.39 is 0 Å². The number of allylic oxidation sites excluding steroid dienone is 3. The maximum absolute atomic E-state index is 11.6. The molecule has 1 aliphatic carbocycles. The number of amides is 1. The number of rotatable bonds is 5. The van der Waals surface area contributed by atoms with Crippen molar-refractivity contribution in [2.45, 2.75) is 66.2 Å². The van der Waals surface area contributed by atoms with E-state index >= 15 is 0 Å². The van der Waals surface area contributed by atoms with Crippen LogP contribution in [-0.2, 0) is 4.79 Å². The van der Waals surface area contributed by atoms with Crippen LogP contribution in [0.1, 0.15) is 66.2 Å². The molecule has 20 heavy (non-hydrogen) atoms. The lowest BCUT2D eigenvalue weighted by Gasteiger charge is -2.35. The second-order valence-corrected chi connectivity index (χ2v) is 7.04. The van der Waals surface area contributed by atoms with Crippen molar-refractivity contribution in [2.75, 3.05) is 14.1 Å². The van der Waals surface area contributed by atoms with E-state index in [1.807, 2.05) is 14.1 Å². The smallest absolute Gasteiger partial charge is 0.225 e. The van der Waals surface area contributed by atoms with Crippen molar-refractivity contribution in [3.05, 3.63) is 22.8 Å². The van der Waals surface area contributed by atoms with Gasteiger partial charge in [-0.1, -0.05) is 36.6 Å². The van der Waals surface area contributed by atoms with E-state index in [0.717, 1.165) is 12.8 Å². The monoisotopic (exact) mass is 277 g/mol. The highest BCUT2D eigenvalue weighted by Gasteiger charge is 2.27. The summed E-state index contributed by atoms with van der Waals surface area (Å²) in [5.74, 6) is 0.178. The second kappa shape index (κ2) is 7.10. The van der Waals surface area contributed by atoms with Crippen molar-refractivity contribution in [3.63, 3.8) is 0 Å². The first-order valence-electron chi connectivity index (χ1n) is 7.79. The molecule has 0 saturated carbocycles. The van der Waals surface area contributed by atoms with E-state index in [1.165, 1.54) is 24.8 Å². The summed E-state index contributed by atoms with van der Waals surface area (Å²) in [6, 6.07) is 0. The summed E-state index contributed by atoms with van der Waals surface area (Å²) in [4.78, 5) is 13.2. The normalized spacial score (nSPS) is 19.2. The number of nitrogens with zero attached hydrogens (tertiary/aromatic N) is 1. The van der Waals surface area contributed by atoms with Gasteiger partial charge in [0.1, 0.15) is 0 Å². The highest BCUT2D eigenvalue weighted by atomic mass is 16.2. The van der Waals surface area contributed by atoms with Gasteiger partial charge in [-0.2, -0.15) is 0 Å². The van der Waals surface area contributed by atoms with Gasteiger partial charge in [0, 0.05) is 20.5 Å². The van der Waals surface area contributed by atoms with E-state index in [-0.39, 0.29) is 5.91 Å². The second-order valence-electron chi connectivity index (χ2n) is 7.04. The first-order chi connectivity index (χ1) is 9.24. The van der Waals surface area contributed by atoms with Crippen LogP contribution >= 0.6 is 0 Å². The fourth-order valence-corrected chi connectivity index (χ4v) is 3.10. The average Bonchev–Trinajstić information content (AvgIpc) is 2.34. The fourth-order valence-electron chi connectivity index (χ4n) is 3.10. The Bertz CT molecular complexity index is 413. The van der Waals surface area contributed by atoms with Gasteiger partial charge < -0.3 is 4.90 Å². The van der Waals surface area contributed by atoms with Crippen LogP contribution in [0.3, 0.4) is 0 Å². The Morgan fingerprint density at radius 3 is 2.55 bits per heavy atom. The Hall–Kier alpha value is -1.05. The van der Waals surface area contributed by atoms with Gasteiger partial charge in [-0.15, -0.1) is 0 Å².